The predicted molar refractivity (Wildman–Crippen MR) is 106 cm³/mol. The highest BCUT2D eigenvalue weighted by Crippen LogP contribution is 2.40. The van der Waals surface area contributed by atoms with Gasteiger partial charge in [-0.1, -0.05) is 43.0 Å². The maximum atomic E-state index is 15.4. The van der Waals surface area contributed by atoms with Gasteiger partial charge in [-0.3, -0.25) is 0 Å². The van der Waals surface area contributed by atoms with Crippen molar-refractivity contribution >= 4 is 17.7 Å². The fourth-order valence-electron chi connectivity index (χ4n) is 3.56. The molecule has 0 aliphatic heterocycles. The number of rotatable bonds is 4. The molecule has 150 valence electrons. The second-order valence-corrected chi connectivity index (χ2v) is 7.42. The van der Waals surface area contributed by atoms with E-state index < -0.39 is 23.3 Å². The Hall–Kier alpha value is -2.34. The molecule has 1 N–H and O–H groups in total. The van der Waals surface area contributed by atoms with Crippen LogP contribution in [0.5, 0.6) is 5.75 Å². The maximum Gasteiger partial charge on any atom is 0.412 e. The standard InChI is InChI=1S/C21H23ClFNO4/c1-3-24-21(26)28-19-16(14-10-9-12(2)11-15(14)22)20(25)27-18(17(19)23)13-7-5-4-6-8-13/h9-11,13H,3-8H2,1-2H3,(H,24,26). The van der Waals surface area contributed by atoms with E-state index in [2.05, 4.69) is 5.32 Å². The minimum Gasteiger partial charge on any atom is -0.424 e. The molecule has 1 amide bonds. The van der Waals surface area contributed by atoms with Crippen LogP contribution in [0, 0.1) is 12.7 Å². The molecule has 1 aliphatic carbocycles. The van der Waals surface area contributed by atoms with E-state index in [1.807, 2.05) is 6.92 Å². The van der Waals surface area contributed by atoms with Gasteiger partial charge in [0.1, 0.15) is 5.56 Å². The van der Waals surface area contributed by atoms with Crippen LogP contribution in [0.25, 0.3) is 11.1 Å². The van der Waals surface area contributed by atoms with Gasteiger partial charge in [0.15, 0.2) is 11.5 Å². The topological polar surface area (TPSA) is 68.5 Å². The van der Waals surface area contributed by atoms with E-state index in [0.717, 1.165) is 37.7 Å². The molecule has 1 heterocycles. The van der Waals surface area contributed by atoms with Crippen molar-refractivity contribution in [1.29, 1.82) is 0 Å². The molecule has 7 heteroatoms. The van der Waals surface area contributed by atoms with Crippen molar-refractivity contribution in [2.45, 2.75) is 51.9 Å². The Morgan fingerprint density at radius 1 is 1.32 bits per heavy atom. The smallest absolute Gasteiger partial charge is 0.412 e. The summed E-state index contributed by atoms with van der Waals surface area (Å²) < 4.78 is 26.0. The second-order valence-electron chi connectivity index (χ2n) is 7.01. The van der Waals surface area contributed by atoms with E-state index in [1.165, 1.54) is 0 Å². The predicted octanol–water partition coefficient (Wildman–Crippen LogP) is 5.56. The van der Waals surface area contributed by atoms with Gasteiger partial charge in [0, 0.05) is 23.0 Å². The van der Waals surface area contributed by atoms with Gasteiger partial charge in [-0.2, -0.15) is 4.39 Å². The summed E-state index contributed by atoms with van der Waals surface area (Å²) in [4.78, 5) is 24.8. The second kappa shape index (κ2) is 8.78. The van der Waals surface area contributed by atoms with Crippen LogP contribution in [0.15, 0.2) is 27.4 Å². The van der Waals surface area contributed by atoms with Crippen LogP contribution in [0.3, 0.4) is 0 Å². The molecular weight excluding hydrogens is 385 g/mol. The summed E-state index contributed by atoms with van der Waals surface area (Å²) in [5, 5.41) is 2.70. The number of amides is 1. The minimum atomic E-state index is -0.842. The largest absolute Gasteiger partial charge is 0.424 e. The Balaban J connectivity index is 2.18. The number of nitrogens with one attached hydrogen (secondary N) is 1. The third kappa shape index (κ3) is 4.22. The van der Waals surface area contributed by atoms with Crippen molar-refractivity contribution in [1.82, 2.24) is 5.32 Å². The summed E-state index contributed by atoms with van der Waals surface area (Å²) in [7, 11) is 0. The molecule has 3 rings (SSSR count). The number of aryl methyl sites for hydroxylation is 1. The van der Waals surface area contributed by atoms with Crippen LogP contribution in [0.1, 0.15) is 56.3 Å². The van der Waals surface area contributed by atoms with Gasteiger partial charge in [-0.25, -0.2) is 9.59 Å². The number of halogens is 2. The third-order valence-corrected chi connectivity index (χ3v) is 5.25. The molecule has 0 atom stereocenters. The molecule has 0 radical (unpaired) electrons. The van der Waals surface area contributed by atoms with Crippen LogP contribution in [-0.4, -0.2) is 12.6 Å². The summed E-state index contributed by atoms with van der Waals surface area (Å²) >= 11 is 6.29. The summed E-state index contributed by atoms with van der Waals surface area (Å²) in [6.07, 6.45) is 3.56. The first-order chi connectivity index (χ1) is 13.4. The Morgan fingerprint density at radius 2 is 2.04 bits per heavy atom. The third-order valence-electron chi connectivity index (χ3n) is 4.94. The molecule has 5 nitrogen and oxygen atoms in total. The Kier molecular flexibility index (Phi) is 6.39. The maximum absolute atomic E-state index is 15.4. The van der Waals surface area contributed by atoms with Gasteiger partial charge in [0.2, 0.25) is 5.82 Å². The molecule has 28 heavy (non-hydrogen) atoms. The van der Waals surface area contributed by atoms with E-state index in [4.69, 9.17) is 20.8 Å². The Labute approximate surface area is 167 Å². The van der Waals surface area contributed by atoms with Gasteiger partial charge in [0.25, 0.3) is 0 Å². The highest BCUT2D eigenvalue weighted by Gasteiger charge is 2.30. The number of benzene rings is 1. The van der Waals surface area contributed by atoms with Gasteiger partial charge in [-0.05, 0) is 38.3 Å². The Bertz CT molecular complexity index is 935. The molecule has 0 spiro atoms. The normalized spacial score (nSPS) is 14.7. The van der Waals surface area contributed by atoms with Crippen LogP contribution in [0.4, 0.5) is 9.18 Å². The number of carbonyl (C=O) groups excluding carboxylic acids is 1. The Morgan fingerprint density at radius 3 is 2.68 bits per heavy atom. The molecule has 1 aromatic heterocycles. The number of ether oxygens (including phenoxy) is 1. The number of hydrogen-bond acceptors (Lipinski definition) is 4. The van der Waals surface area contributed by atoms with Crippen LogP contribution < -0.4 is 15.7 Å². The van der Waals surface area contributed by atoms with Gasteiger partial charge >= 0.3 is 11.7 Å². The average molecular weight is 408 g/mol. The van der Waals surface area contributed by atoms with Gasteiger partial charge < -0.3 is 14.5 Å². The molecule has 2 aromatic rings. The molecule has 1 aromatic carbocycles. The summed E-state index contributed by atoms with van der Waals surface area (Å²) in [5.41, 5.74) is 0.179. The van der Waals surface area contributed by atoms with E-state index in [-0.39, 0.29) is 27.8 Å². The summed E-state index contributed by atoms with van der Waals surface area (Å²) in [6, 6.07) is 4.98. The zero-order valence-electron chi connectivity index (χ0n) is 15.9. The zero-order chi connectivity index (χ0) is 20.3. The van der Waals surface area contributed by atoms with Crippen molar-refractivity contribution in [2.75, 3.05) is 6.54 Å². The molecular formula is C21H23ClFNO4. The van der Waals surface area contributed by atoms with E-state index in [1.54, 1.807) is 25.1 Å². The lowest BCUT2D eigenvalue weighted by molar-refractivity contribution is 0.197. The van der Waals surface area contributed by atoms with Crippen LogP contribution in [-0.2, 0) is 0 Å². The van der Waals surface area contributed by atoms with Crippen molar-refractivity contribution in [3.63, 3.8) is 0 Å². The molecule has 0 saturated heterocycles. The van der Waals surface area contributed by atoms with Gasteiger partial charge in [-0.15, -0.1) is 0 Å². The van der Waals surface area contributed by atoms with Gasteiger partial charge in [0.05, 0.1) is 0 Å². The van der Waals surface area contributed by atoms with Crippen molar-refractivity contribution in [3.8, 4) is 16.9 Å². The fraction of sp³-hybridized carbons (Fsp3) is 0.429. The van der Waals surface area contributed by atoms with Crippen LogP contribution >= 0.6 is 11.6 Å². The fourth-order valence-corrected chi connectivity index (χ4v) is 3.89. The lowest BCUT2D eigenvalue weighted by atomic mass is 9.87. The van der Waals surface area contributed by atoms with Crippen molar-refractivity contribution in [3.05, 3.63) is 50.8 Å². The molecule has 1 fully saturated rings. The lowest BCUT2D eigenvalue weighted by Gasteiger charge is -2.22. The lowest BCUT2D eigenvalue weighted by Crippen LogP contribution is -2.28. The first-order valence-electron chi connectivity index (χ1n) is 9.51. The molecule has 0 unspecified atom stereocenters. The molecule has 0 bridgehead atoms. The van der Waals surface area contributed by atoms with Crippen molar-refractivity contribution in [2.24, 2.45) is 0 Å². The van der Waals surface area contributed by atoms with E-state index in [9.17, 15) is 9.59 Å². The first-order valence-corrected chi connectivity index (χ1v) is 9.88. The molecule has 1 aliphatic rings. The van der Waals surface area contributed by atoms with Crippen LogP contribution in [0.2, 0.25) is 5.02 Å². The highest BCUT2D eigenvalue weighted by molar-refractivity contribution is 6.33. The van der Waals surface area contributed by atoms with Crippen molar-refractivity contribution < 1.29 is 18.3 Å². The highest BCUT2D eigenvalue weighted by atomic mass is 35.5. The first kappa shape index (κ1) is 20.4. The monoisotopic (exact) mass is 407 g/mol. The van der Waals surface area contributed by atoms with E-state index in [0.29, 0.717) is 6.54 Å². The minimum absolute atomic E-state index is 0.0454. The summed E-state index contributed by atoms with van der Waals surface area (Å²) in [5.74, 6) is -1.51. The zero-order valence-corrected chi connectivity index (χ0v) is 16.7. The summed E-state index contributed by atoms with van der Waals surface area (Å²) in [6.45, 7) is 3.86. The van der Waals surface area contributed by atoms with E-state index >= 15 is 4.39 Å². The number of carbonyl (C=O) groups is 1. The quantitative estimate of drug-likeness (QED) is 0.719. The average Bonchev–Trinajstić information content (AvgIpc) is 2.66. The molecule has 1 saturated carbocycles. The SMILES string of the molecule is CCNC(=O)Oc1c(F)c(C2CCCCC2)oc(=O)c1-c1ccc(C)cc1Cl. The number of hydrogen-bond donors (Lipinski definition) is 1.